The summed E-state index contributed by atoms with van der Waals surface area (Å²) >= 11 is 0. The van der Waals surface area contributed by atoms with Gasteiger partial charge in [0, 0.05) is 0 Å². The molecule has 0 aliphatic rings. The first-order valence-corrected chi connectivity index (χ1v) is 10.4. The van der Waals surface area contributed by atoms with Gasteiger partial charge >= 0.3 is 0 Å². The molecule has 1 atom stereocenters. The first-order chi connectivity index (χ1) is 9.66. The molecule has 0 saturated heterocycles. The van der Waals surface area contributed by atoms with E-state index in [1.54, 1.807) is 0 Å². The molecule has 0 aromatic rings. The second-order valence-electron chi connectivity index (χ2n) is 5.89. The summed E-state index contributed by atoms with van der Waals surface area (Å²) in [6, 6.07) is 0. The van der Waals surface area contributed by atoms with Gasteiger partial charge in [-0.3, -0.25) is 0 Å². The fraction of sp³-hybridized carbons (Fsp3) is 0.941. The monoisotopic (exact) mass is 302 g/mol. The van der Waals surface area contributed by atoms with Gasteiger partial charge in [-0.1, -0.05) is 71.1 Å². The van der Waals surface area contributed by atoms with E-state index in [1.807, 2.05) is 6.26 Å². The smallest absolute Gasteiger partial charge is 0.147 e. The predicted octanol–water partition coefficient (Wildman–Crippen LogP) is 3.69. The summed E-state index contributed by atoms with van der Waals surface area (Å²) in [4.78, 5) is 10.4. The molecule has 3 heteroatoms. The number of carbonyl (C=O) groups is 1. The highest BCUT2D eigenvalue weighted by Gasteiger charge is 2.09. The van der Waals surface area contributed by atoms with Crippen LogP contribution in [0.25, 0.3) is 0 Å². The van der Waals surface area contributed by atoms with Gasteiger partial charge in [0.25, 0.3) is 0 Å². The summed E-state index contributed by atoms with van der Waals surface area (Å²) in [5.74, 6) is 0.415. The molecule has 0 saturated carbocycles. The van der Waals surface area contributed by atoms with Crippen molar-refractivity contribution in [3.05, 3.63) is 0 Å². The molecule has 0 aromatic heterocycles. The summed E-state index contributed by atoms with van der Waals surface area (Å²) in [7, 11) is 0.0233. The number of hydrogen-bond donors (Lipinski definition) is 0. The fourth-order valence-electron chi connectivity index (χ4n) is 2.46. The highest BCUT2D eigenvalue weighted by atomic mass is 32.2. The zero-order chi connectivity index (χ0) is 15.1. The number of carboxylic acid groups (broad SMARTS) is 1. The molecule has 20 heavy (non-hydrogen) atoms. The Kier molecular flexibility index (Phi) is 15.1. The summed E-state index contributed by atoms with van der Waals surface area (Å²) in [5.41, 5.74) is 0. The molecule has 120 valence electrons. The van der Waals surface area contributed by atoms with Gasteiger partial charge in [0.1, 0.15) is 11.5 Å². The number of carboxylic acids is 1. The van der Waals surface area contributed by atoms with Crippen LogP contribution in [0.4, 0.5) is 0 Å². The van der Waals surface area contributed by atoms with Crippen molar-refractivity contribution in [1.82, 2.24) is 0 Å². The van der Waals surface area contributed by atoms with Gasteiger partial charge in [0.2, 0.25) is 0 Å². The Balaban J connectivity index is 3.08. The minimum atomic E-state index is -0.894. The Bertz CT molecular complexity index is 219. The average Bonchev–Trinajstić information content (AvgIpc) is 2.39. The van der Waals surface area contributed by atoms with Crippen LogP contribution in [0.1, 0.15) is 84.0 Å². The van der Waals surface area contributed by atoms with Crippen LogP contribution >= 0.6 is 0 Å². The summed E-state index contributed by atoms with van der Waals surface area (Å²) < 4.78 is 0. The van der Waals surface area contributed by atoms with Gasteiger partial charge in [0.05, 0.1) is 12.2 Å². The third kappa shape index (κ3) is 15.9. The van der Waals surface area contributed by atoms with Gasteiger partial charge in [-0.05, 0) is 23.7 Å². The van der Waals surface area contributed by atoms with Crippen molar-refractivity contribution >= 4 is 16.9 Å². The average molecular weight is 303 g/mol. The highest BCUT2D eigenvalue weighted by molar-refractivity contribution is 7.96. The van der Waals surface area contributed by atoms with Gasteiger partial charge in [-0.15, -0.1) is 0 Å². The highest BCUT2D eigenvalue weighted by Crippen LogP contribution is 2.12. The predicted molar refractivity (Wildman–Crippen MR) is 89.1 cm³/mol. The standard InChI is InChI=1S/C17H34O2S/c1-3-4-5-6-7-8-9-10-11-12-13-14-15-20(2)16-17(18)19/h3-16H2,1-2H3. The summed E-state index contributed by atoms with van der Waals surface area (Å²) in [5, 5.41) is 10.4. The molecule has 1 unspecified atom stereocenters. The minimum absolute atomic E-state index is 0.0233. The zero-order valence-electron chi connectivity index (χ0n) is 13.6. The maximum atomic E-state index is 10.4. The topological polar surface area (TPSA) is 40.1 Å². The van der Waals surface area contributed by atoms with E-state index in [4.69, 9.17) is 0 Å². The summed E-state index contributed by atoms with van der Waals surface area (Å²) in [6.07, 6.45) is 18.3. The van der Waals surface area contributed by atoms with Gasteiger partial charge in [0.15, 0.2) is 0 Å². The van der Waals surface area contributed by atoms with Crippen LogP contribution in [0, 0.1) is 0 Å². The molecule has 0 heterocycles. The normalized spacial score (nSPS) is 12.5. The second-order valence-corrected chi connectivity index (χ2v) is 8.15. The van der Waals surface area contributed by atoms with Crippen molar-refractivity contribution in [2.24, 2.45) is 0 Å². The minimum Gasteiger partial charge on any atom is -0.545 e. The van der Waals surface area contributed by atoms with Gasteiger partial charge < -0.3 is 9.90 Å². The first kappa shape index (κ1) is 19.8. The molecule has 0 aliphatic carbocycles. The van der Waals surface area contributed by atoms with Crippen LogP contribution in [0.2, 0.25) is 0 Å². The third-order valence-electron chi connectivity index (χ3n) is 3.71. The van der Waals surface area contributed by atoms with Crippen LogP contribution in [-0.2, 0) is 15.7 Å². The van der Waals surface area contributed by atoms with Crippen LogP contribution in [-0.4, -0.2) is 23.7 Å². The largest absolute Gasteiger partial charge is 0.545 e. The lowest BCUT2D eigenvalue weighted by molar-refractivity contribution is -0.301. The molecule has 0 amide bonds. The third-order valence-corrected chi connectivity index (χ3v) is 5.42. The Morgan fingerprint density at radius 3 is 1.60 bits per heavy atom. The van der Waals surface area contributed by atoms with Crippen molar-refractivity contribution in [3.8, 4) is 0 Å². The van der Waals surface area contributed by atoms with Crippen LogP contribution < -0.4 is 5.11 Å². The molecule has 2 nitrogen and oxygen atoms in total. The number of aliphatic carboxylic acids is 1. The van der Waals surface area contributed by atoms with E-state index in [1.165, 1.54) is 77.0 Å². The Morgan fingerprint density at radius 2 is 1.20 bits per heavy atom. The Morgan fingerprint density at radius 1 is 0.800 bits per heavy atom. The lowest BCUT2D eigenvalue weighted by Crippen LogP contribution is -2.31. The van der Waals surface area contributed by atoms with Crippen molar-refractivity contribution in [2.45, 2.75) is 84.0 Å². The van der Waals surface area contributed by atoms with E-state index in [0.717, 1.165) is 5.75 Å². The van der Waals surface area contributed by atoms with Crippen molar-refractivity contribution < 1.29 is 9.90 Å². The maximum absolute atomic E-state index is 10.4. The second kappa shape index (κ2) is 15.2. The van der Waals surface area contributed by atoms with E-state index in [2.05, 4.69) is 6.92 Å². The number of unbranched alkanes of at least 4 members (excludes halogenated alkanes) is 11. The van der Waals surface area contributed by atoms with Crippen molar-refractivity contribution in [2.75, 3.05) is 17.8 Å². The van der Waals surface area contributed by atoms with E-state index in [0.29, 0.717) is 0 Å². The molecule has 0 radical (unpaired) electrons. The molecule has 0 rings (SSSR count). The molecule has 0 aromatic carbocycles. The van der Waals surface area contributed by atoms with E-state index >= 15 is 0 Å². The molecule has 0 aliphatic heterocycles. The van der Waals surface area contributed by atoms with E-state index in [-0.39, 0.29) is 16.6 Å². The SMILES string of the molecule is CCCCCCCCCCCCCC[S+](C)CC(=O)[O-]. The van der Waals surface area contributed by atoms with Crippen molar-refractivity contribution in [3.63, 3.8) is 0 Å². The lowest BCUT2D eigenvalue weighted by atomic mass is 10.1. The Labute approximate surface area is 129 Å². The quantitative estimate of drug-likeness (QED) is 0.342. The number of hydrogen-bond acceptors (Lipinski definition) is 2. The molecule has 0 fully saturated rings. The maximum Gasteiger partial charge on any atom is 0.147 e. The fourth-order valence-corrected chi connectivity index (χ4v) is 3.71. The van der Waals surface area contributed by atoms with Crippen LogP contribution in [0.15, 0.2) is 0 Å². The van der Waals surface area contributed by atoms with Gasteiger partial charge in [-0.2, -0.15) is 0 Å². The Hall–Kier alpha value is -0.180. The number of carbonyl (C=O) groups excluding carboxylic acids is 1. The van der Waals surface area contributed by atoms with Gasteiger partial charge in [-0.25, -0.2) is 0 Å². The van der Waals surface area contributed by atoms with Crippen LogP contribution in [0.3, 0.4) is 0 Å². The van der Waals surface area contributed by atoms with Crippen LogP contribution in [0.5, 0.6) is 0 Å². The first-order valence-electron chi connectivity index (χ1n) is 8.45. The molecular formula is C17H34O2S. The summed E-state index contributed by atoms with van der Waals surface area (Å²) in [6.45, 7) is 2.26. The zero-order valence-corrected chi connectivity index (χ0v) is 14.4. The van der Waals surface area contributed by atoms with Crippen molar-refractivity contribution in [1.29, 1.82) is 0 Å². The molecular weight excluding hydrogens is 268 g/mol. The lowest BCUT2D eigenvalue weighted by Gasteiger charge is -2.05. The molecule has 0 bridgehead atoms. The van der Waals surface area contributed by atoms with E-state index < -0.39 is 5.97 Å². The van der Waals surface area contributed by atoms with E-state index in [9.17, 15) is 9.90 Å². The number of rotatable bonds is 15. The molecule has 0 spiro atoms. The molecule has 0 N–H and O–H groups in total.